The van der Waals surface area contributed by atoms with Gasteiger partial charge in [-0.3, -0.25) is 4.79 Å². The van der Waals surface area contributed by atoms with Gasteiger partial charge < -0.3 is 10.4 Å². The SMILES string of the molecule is CC[C@@H]1CN(S(C)(=O)=O)CC[C@H]1CC(=O)Nc1cccc(O)c1. The van der Waals surface area contributed by atoms with E-state index in [-0.39, 0.29) is 23.5 Å². The molecule has 2 atom stereocenters. The molecular weight excluding hydrogens is 316 g/mol. The van der Waals surface area contributed by atoms with Gasteiger partial charge in [-0.2, -0.15) is 0 Å². The van der Waals surface area contributed by atoms with E-state index in [4.69, 9.17) is 0 Å². The van der Waals surface area contributed by atoms with Crippen LogP contribution in [-0.2, 0) is 14.8 Å². The maximum atomic E-state index is 12.2. The van der Waals surface area contributed by atoms with Crippen molar-refractivity contribution >= 4 is 21.6 Å². The lowest BCUT2D eigenvalue weighted by atomic mass is 9.82. The van der Waals surface area contributed by atoms with Gasteiger partial charge in [0.05, 0.1) is 6.26 Å². The number of benzene rings is 1. The Hall–Kier alpha value is -1.60. The molecule has 2 N–H and O–H groups in total. The number of piperidine rings is 1. The van der Waals surface area contributed by atoms with E-state index in [2.05, 4.69) is 5.32 Å². The number of nitrogens with zero attached hydrogens (tertiary/aromatic N) is 1. The van der Waals surface area contributed by atoms with Gasteiger partial charge in [0.15, 0.2) is 0 Å². The molecule has 2 rings (SSSR count). The van der Waals surface area contributed by atoms with Gasteiger partial charge in [-0.25, -0.2) is 12.7 Å². The number of rotatable bonds is 5. The molecule has 1 aromatic rings. The summed E-state index contributed by atoms with van der Waals surface area (Å²) in [6.07, 6.45) is 3.13. The highest BCUT2D eigenvalue weighted by Gasteiger charge is 2.33. The molecule has 128 valence electrons. The van der Waals surface area contributed by atoms with Crippen molar-refractivity contribution in [2.45, 2.75) is 26.2 Å². The second-order valence-corrected chi connectivity index (χ2v) is 8.12. The Kier molecular flexibility index (Phi) is 5.64. The molecule has 7 heteroatoms. The predicted molar refractivity (Wildman–Crippen MR) is 89.7 cm³/mol. The Morgan fingerprint density at radius 1 is 1.39 bits per heavy atom. The minimum absolute atomic E-state index is 0.105. The van der Waals surface area contributed by atoms with E-state index in [0.29, 0.717) is 31.6 Å². The van der Waals surface area contributed by atoms with Crippen LogP contribution in [0, 0.1) is 11.8 Å². The number of phenolic OH excluding ortho intramolecular Hbond substituents is 1. The summed E-state index contributed by atoms with van der Waals surface area (Å²) in [6, 6.07) is 6.44. The molecule has 0 spiro atoms. The second-order valence-electron chi connectivity index (χ2n) is 6.14. The van der Waals surface area contributed by atoms with Crippen molar-refractivity contribution in [2.24, 2.45) is 11.8 Å². The minimum atomic E-state index is -3.17. The van der Waals surface area contributed by atoms with Crippen LogP contribution in [0.15, 0.2) is 24.3 Å². The quantitative estimate of drug-likeness (QED) is 0.858. The lowest BCUT2D eigenvalue weighted by Gasteiger charge is -2.36. The molecule has 1 saturated heterocycles. The Morgan fingerprint density at radius 2 is 2.13 bits per heavy atom. The molecule has 0 aromatic heterocycles. The first-order valence-electron chi connectivity index (χ1n) is 7.83. The van der Waals surface area contributed by atoms with E-state index in [9.17, 15) is 18.3 Å². The first-order valence-corrected chi connectivity index (χ1v) is 9.68. The topological polar surface area (TPSA) is 86.7 Å². The van der Waals surface area contributed by atoms with Crippen molar-refractivity contribution in [1.29, 1.82) is 0 Å². The van der Waals surface area contributed by atoms with Gasteiger partial charge in [0.2, 0.25) is 15.9 Å². The smallest absolute Gasteiger partial charge is 0.224 e. The molecular formula is C16H24N2O4S. The molecule has 0 saturated carbocycles. The van der Waals surface area contributed by atoms with E-state index in [1.54, 1.807) is 18.2 Å². The highest BCUT2D eigenvalue weighted by Crippen LogP contribution is 2.30. The number of aromatic hydroxyl groups is 1. The highest BCUT2D eigenvalue weighted by atomic mass is 32.2. The van der Waals surface area contributed by atoms with Gasteiger partial charge in [-0.05, 0) is 30.4 Å². The monoisotopic (exact) mass is 340 g/mol. The average Bonchev–Trinajstić information content (AvgIpc) is 2.46. The molecule has 0 radical (unpaired) electrons. The van der Waals surface area contributed by atoms with Crippen LogP contribution in [-0.4, -0.2) is 43.1 Å². The van der Waals surface area contributed by atoms with Gasteiger partial charge in [-0.1, -0.05) is 19.4 Å². The molecule has 1 aliphatic rings. The fraction of sp³-hybridized carbons (Fsp3) is 0.562. The predicted octanol–water partition coefficient (Wildman–Crippen LogP) is 2.03. The van der Waals surface area contributed by atoms with E-state index >= 15 is 0 Å². The van der Waals surface area contributed by atoms with Gasteiger partial charge in [0, 0.05) is 31.3 Å². The molecule has 1 aromatic carbocycles. The number of sulfonamides is 1. The molecule has 0 bridgehead atoms. The zero-order valence-electron chi connectivity index (χ0n) is 13.5. The van der Waals surface area contributed by atoms with Crippen molar-refractivity contribution in [3.63, 3.8) is 0 Å². The van der Waals surface area contributed by atoms with Gasteiger partial charge in [0.25, 0.3) is 0 Å². The Labute approximate surface area is 137 Å². The highest BCUT2D eigenvalue weighted by molar-refractivity contribution is 7.88. The Balaban J connectivity index is 1.95. The lowest BCUT2D eigenvalue weighted by molar-refractivity contribution is -0.117. The average molecular weight is 340 g/mol. The zero-order valence-corrected chi connectivity index (χ0v) is 14.3. The molecule has 0 aliphatic carbocycles. The first-order chi connectivity index (χ1) is 10.8. The van der Waals surface area contributed by atoms with Crippen LogP contribution in [0.4, 0.5) is 5.69 Å². The van der Waals surface area contributed by atoms with E-state index in [1.807, 2.05) is 6.92 Å². The number of nitrogens with one attached hydrogen (secondary N) is 1. The second kappa shape index (κ2) is 7.31. The summed E-state index contributed by atoms with van der Waals surface area (Å²) in [7, 11) is -3.17. The van der Waals surface area contributed by atoms with Gasteiger partial charge in [-0.15, -0.1) is 0 Å². The lowest BCUT2D eigenvalue weighted by Crippen LogP contribution is -2.43. The Bertz CT molecular complexity index is 660. The van der Waals surface area contributed by atoms with Crippen LogP contribution in [0.25, 0.3) is 0 Å². The zero-order chi connectivity index (χ0) is 17.0. The van der Waals surface area contributed by atoms with E-state index < -0.39 is 10.0 Å². The molecule has 23 heavy (non-hydrogen) atoms. The summed E-state index contributed by atoms with van der Waals surface area (Å²) in [6.45, 7) is 2.98. The minimum Gasteiger partial charge on any atom is -0.508 e. The van der Waals surface area contributed by atoms with Crippen LogP contribution < -0.4 is 5.32 Å². The molecule has 1 aliphatic heterocycles. The molecule has 1 heterocycles. The fourth-order valence-electron chi connectivity index (χ4n) is 3.11. The summed E-state index contributed by atoms with van der Waals surface area (Å²) in [5.41, 5.74) is 0.566. The number of hydrogen-bond donors (Lipinski definition) is 2. The van der Waals surface area contributed by atoms with Crippen LogP contribution >= 0.6 is 0 Å². The largest absolute Gasteiger partial charge is 0.508 e. The van der Waals surface area contributed by atoms with Crippen LogP contribution in [0.2, 0.25) is 0 Å². The summed E-state index contributed by atoms with van der Waals surface area (Å²) in [5.74, 6) is 0.367. The van der Waals surface area contributed by atoms with Crippen molar-refractivity contribution < 1.29 is 18.3 Å². The first kappa shape index (κ1) is 17.7. The summed E-state index contributed by atoms with van der Waals surface area (Å²) in [5, 5.41) is 12.2. The molecule has 1 fully saturated rings. The van der Waals surface area contributed by atoms with Crippen molar-refractivity contribution in [1.82, 2.24) is 4.31 Å². The summed E-state index contributed by atoms with van der Waals surface area (Å²) < 4.78 is 24.9. The molecule has 0 unspecified atom stereocenters. The number of carbonyl (C=O) groups is 1. The number of amides is 1. The summed E-state index contributed by atoms with van der Waals surface area (Å²) >= 11 is 0. The Morgan fingerprint density at radius 3 is 2.74 bits per heavy atom. The third kappa shape index (κ3) is 4.94. The summed E-state index contributed by atoms with van der Waals surface area (Å²) in [4.78, 5) is 12.2. The van der Waals surface area contributed by atoms with E-state index in [0.717, 1.165) is 6.42 Å². The number of carbonyl (C=O) groups excluding carboxylic acids is 1. The van der Waals surface area contributed by atoms with Crippen molar-refractivity contribution in [3.8, 4) is 5.75 Å². The van der Waals surface area contributed by atoms with Crippen molar-refractivity contribution in [3.05, 3.63) is 24.3 Å². The third-order valence-electron chi connectivity index (χ3n) is 4.42. The standard InChI is InChI=1S/C16H24N2O4S/c1-3-12-11-18(23(2,21)22)8-7-13(12)9-16(20)17-14-5-4-6-15(19)10-14/h4-6,10,12-13,19H,3,7-9,11H2,1-2H3,(H,17,20)/t12-,13+/m1/s1. The van der Waals surface area contributed by atoms with Crippen LogP contribution in [0.1, 0.15) is 26.2 Å². The normalized spacial score (nSPS) is 22.7. The molecule has 6 nitrogen and oxygen atoms in total. The third-order valence-corrected chi connectivity index (χ3v) is 5.69. The van der Waals surface area contributed by atoms with Crippen LogP contribution in [0.5, 0.6) is 5.75 Å². The van der Waals surface area contributed by atoms with Gasteiger partial charge >= 0.3 is 0 Å². The number of phenols is 1. The van der Waals surface area contributed by atoms with Gasteiger partial charge in [0.1, 0.15) is 5.75 Å². The number of anilines is 1. The maximum absolute atomic E-state index is 12.2. The maximum Gasteiger partial charge on any atom is 0.224 e. The number of hydrogen-bond acceptors (Lipinski definition) is 4. The molecule has 1 amide bonds. The van der Waals surface area contributed by atoms with Crippen molar-refractivity contribution in [2.75, 3.05) is 24.7 Å². The fourth-order valence-corrected chi connectivity index (χ4v) is 4.01. The van der Waals surface area contributed by atoms with Crippen LogP contribution in [0.3, 0.4) is 0 Å². The van der Waals surface area contributed by atoms with E-state index in [1.165, 1.54) is 16.6 Å².